The van der Waals surface area contributed by atoms with Crippen LogP contribution in [0.25, 0.3) is 0 Å². The van der Waals surface area contributed by atoms with Gasteiger partial charge in [-0.05, 0) is 56.4 Å². The van der Waals surface area contributed by atoms with Gasteiger partial charge in [0.1, 0.15) is 22.9 Å². The van der Waals surface area contributed by atoms with Crippen LogP contribution in [0.5, 0.6) is 5.75 Å². The van der Waals surface area contributed by atoms with E-state index in [2.05, 4.69) is 0 Å². The Morgan fingerprint density at radius 3 is 2.09 bits per heavy atom. The topological polar surface area (TPSA) is 49.9 Å². The largest absolute Gasteiger partial charge is 0.493 e. The van der Waals surface area contributed by atoms with Gasteiger partial charge in [-0.25, -0.2) is 8.78 Å². The van der Waals surface area contributed by atoms with E-state index >= 15 is 0 Å². The van der Waals surface area contributed by atoms with Crippen LogP contribution in [0.3, 0.4) is 0 Å². The molecule has 7 heteroatoms. The number of hydrogen-bond donors (Lipinski definition) is 0. The number of piperidine rings is 2. The van der Waals surface area contributed by atoms with E-state index < -0.39 is 28.5 Å². The van der Waals surface area contributed by atoms with Crippen LogP contribution in [-0.4, -0.2) is 54.4 Å². The number of hydrogen-bond acceptors (Lipinski definition) is 3. The van der Waals surface area contributed by atoms with Crippen molar-refractivity contribution in [1.82, 2.24) is 9.80 Å². The smallest absolute Gasteiger partial charge is 0.259 e. The minimum Gasteiger partial charge on any atom is -0.493 e. The van der Waals surface area contributed by atoms with Crippen molar-refractivity contribution >= 4 is 11.8 Å². The van der Waals surface area contributed by atoms with Gasteiger partial charge >= 0.3 is 0 Å². The molecule has 2 fully saturated rings. The van der Waals surface area contributed by atoms with Crippen LogP contribution < -0.4 is 4.74 Å². The predicted molar refractivity (Wildman–Crippen MR) is 121 cm³/mol. The number of nitrogens with zero attached hydrogens (tertiary/aromatic N) is 2. The van der Waals surface area contributed by atoms with Crippen molar-refractivity contribution in [3.05, 3.63) is 65.7 Å². The fourth-order valence-electron chi connectivity index (χ4n) is 4.75. The number of benzene rings is 2. The van der Waals surface area contributed by atoms with Crippen LogP contribution in [0.15, 0.2) is 48.5 Å². The van der Waals surface area contributed by atoms with E-state index in [1.54, 1.807) is 0 Å². The molecule has 0 aliphatic carbocycles. The number of carbonyl (C=O) groups excluding carboxylic acids is 2. The highest BCUT2D eigenvalue weighted by atomic mass is 19.1. The monoisotopic (exact) mass is 456 g/mol. The van der Waals surface area contributed by atoms with Gasteiger partial charge in [0.25, 0.3) is 5.91 Å². The molecule has 2 aromatic carbocycles. The van der Waals surface area contributed by atoms with Crippen LogP contribution in [0.1, 0.15) is 48.9 Å². The van der Waals surface area contributed by atoms with Crippen LogP contribution in [0, 0.1) is 17.0 Å². The third kappa shape index (κ3) is 5.52. The third-order valence-electron chi connectivity index (χ3n) is 6.81. The molecule has 5 nitrogen and oxygen atoms in total. The second-order valence-electron chi connectivity index (χ2n) is 9.11. The molecule has 2 amide bonds. The third-order valence-corrected chi connectivity index (χ3v) is 6.81. The van der Waals surface area contributed by atoms with E-state index in [0.29, 0.717) is 39.0 Å². The van der Waals surface area contributed by atoms with E-state index in [4.69, 9.17) is 4.74 Å². The maximum Gasteiger partial charge on any atom is 0.259 e. The molecule has 0 aromatic heterocycles. The summed E-state index contributed by atoms with van der Waals surface area (Å²) in [6, 6.07) is 12.9. The Morgan fingerprint density at radius 1 is 0.818 bits per heavy atom. The Bertz CT molecular complexity index is 949. The number of ether oxygens (including phenoxy) is 1. The van der Waals surface area contributed by atoms with Gasteiger partial charge in [-0.1, -0.05) is 24.3 Å². The molecule has 2 heterocycles. The molecule has 2 aromatic rings. The number of likely N-dealkylation sites (tertiary alicyclic amines) is 2. The molecule has 0 bridgehead atoms. The Kier molecular flexibility index (Phi) is 7.26. The number of amides is 2. The molecule has 0 unspecified atom stereocenters. The van der Waals surface area contributed by atoms with Crippen LogP contribution >= 0.6 is 0 Å². The first kappa shape index (κ1) is 23.2. The summed E-state index contributed by atoms with van der Waals surface area (Å²) in [6.07, 6.45) is 4.60. The summed E-state index contributed by atoms with van der Waals surface area (Å²) < 4.78 is 34.3. The number of carbonyl (C=O) groups is 2. The predicted octanol–water partition coefficient (Wildman–Crippen LogP) is 4.67. The quantitative estimate of drug-likeness (QED) is 0.635. The number of para-hydroxylation sites is 1. The van der Waals surface area contributed by atoms with Crippen molar-refractivity contribution in [1.29, 1.82) is 0 Å². The number of halogens is 2. The zero-order valence-electron chi connectivity index (χ0n) is 18.8. The lowest BCUT2D eigenvalue weighted by Crippen LogP contribution is -2.48. The van der Waals surface area contributed by atoms with E-state index in [9.17, 15) is 18.4 Å². The lowest BCUT2D eigenvalue weighted by Gasteiger charge is -2.42. The van der Waals surface area contributed by atoms with Crippen LogP contribution in [-0.2, 0) is 4.79 Å². The minimum absolute atomic E-state index is 0.117. The minimum atomic E-state index is -0.857. The standard InChI is InChI=1S/C26H30F2N2O3/c27-21-10-7-11-22(28)24(21)25(32)30-16-12-26(13-17-30,19-33-20-8-3-1-4-9-20)18-23(31)29-14-5-2-6-15-29/h1,3-4,7-11H,2,5-6,12-19H2. The molecule has 2 aliphatic heterocycles. The normalized spacial score (nSPS) is 18.1. The first-order valence-electron chi connectivity index (χ1n) is 11.7. The highest BCUT2D eigenvalue weighted by Gasteiger charge is 2.40. The Morgan fingerprint density at radius 2 is 1.45 bits per heavy atom. The SMILES string of the molecule is O=C(CC1(COc2ccccc2)CCN(C(=O)c2c(F)cccc2F)CC1)N1CCCCC1. The zero-order valence-corrected chi connectivity index (χ0v) is 18.8. The van der Waals surface area contributed by atoms with Gasteiger partial charge in [0, 0.05) is 38.0 Å². The zero-order chi connectivity index (χ0) is 23.3. The van der Waals surface area contributed by atoms with Gasteiger partial charge in [0.15, 0.2) is 0 Å². The highest BCUT2D eigenvalue weighted by Crippen LogP contribution is 2.37. The molecule has 0 radical (unpaired) electrons. The van der Waals surface area contributed by atoms with Crippen molar-refractivity contribution in [2.75, 3.05) is 32.8 Å². The lowest BCUT2D eigenvalue weighted by atomic mass is 9.75. The van der Waals surface area contributed by atoms with Gasteiger partial charge in [-0.2, -0.15) is 0 Å². The summed E-state index contributed by atoms with van der Waals surface area (Å²) >= 11 is 0. The molecule has 0 N–H and O–H groups in total. The second kappa shape index (κ2) is 10.3. The van der Waals surface area contributed by atoms with Gasteiger partial charge in [-0.3, -0.25) is 9.59 Å². The van der Waals surface area contributed by atoms with E-state index in [1.165, 1.54) is 11.0 Å². The molecule has 0 saturated carbocycles. The molecular formula is C26H30F2N2O3. The van der Waals surface area contributed by atoms with Crippen molar-refractivity contribution in [2.24, 2.45) is 5.41 Å². The Balaban J connectivity index is 1.47. The van der Waals surface area contributed by atoms with Crippen LogP contribution in [0.4, 0.5) is 8.78 Å². The fraction of sp³-hybridized carbons (Fsp3) is 0.462. The van der Waals surface area contributed by atoms with Crippen molar-refractivity contribution < 1.29 is 23.1 Å². The molecule has 2 aliphatic rings. The van der Waals surface area contributed by atoms with Gasteiger partial charge in [-0.15, -0.1) is 0 Å². The summed E-state index contributed by atoms with van der Waals surface area (Å²) in [5.41, 5.74) is -0.954. The molecular weight excluding hydrogens is 426 g/mol. The summed E-state index contributed by atoms with van der Waals surface area (Å²) in [5.74, 6) is -1.51. The van der Waals surface area contributed by atoms with E-state index in [0.717, 1.165) is 50.2 Å². The molecule has 0 spiro atoms. The van der Waals surface area contributed by atoms with Gasteiger partial charge < -0.3 is 14.5 Å². The molecule has 2 saturated heterocycles. The summed E-state index contributed by atoms with van der Waals surface area (Å²) in [4.78, 5) is 29.4. The molecule has 0 atom stereocenters. The fourth-order valence-corrected chi connectivity index (χ4v) is 4.75. The molecule has 176 valence electrons. The molecule has 4 rings (SSSR count). The summed E-state index contributed by atoms with van der Waals surface area (Å²) in [6.45, 7) is 2.56. The highest BCUT2D eigenvalue weighted by molar-refractivity contribution is 5.94. The van der Waals surface area contributed by atoms with E-state index in [1.807, 2.05) is 35.2 Å². The summed E-state index contributed by atoms with van der Waals surface area (Å²) in [7, 11) is 0. The first-order chi connectivity index (χ1) is 16.0. The Hall–Kier alpha value is -2.96. The average Bonchev–Trinajstić information content (AvgIpc) is 2.84. The van der Waals surface area contributed by atoms with Crippen molar-refractivity contribution in [3.8, 4) is 5.75 Å². The number of rotatable bonds is 6. The van der Waals surface area contributed by atoms with Crippen molar-refractivity contribution in [3.63, 3.8) is 0 Å². The van der Waals surface area contributed by atoms with Crippen molar-refractivity contribution in [2.45, 2.75) is 38.5 Å². The Labute approximate surface area is 193 Å². The van der Waals surface area contributed by atoms with Crippen LogP contribution in [0.2, 0.25) is 0 Å². The second-order valence-corrected chi connectivity index (χ2v) is 9.11. The molecule has 33 heavy (non-hydrogen) atoms. The average molecular weight is 457 g/mol. The van der Waals surface area contributed by atoms with Gasteiger partial charge in [0.05, 0.1) is 6.61 Å². The summed E-state index contributed by atoms with van der Waals surface area (Å²) in [5, 5.41) is 0. The lowest BCUT2D eigenvalue weighted by molar-refractivity contribution is -0.136. The van der Waals surface area contributed by atoms with Gasteiger partial charge in [0.2, 0.25) is 5.91 Å². The maximum absolute atomic E-state index is 14.1. The first-order valence-corrected chi connectivity index (χ1v) is 11.7. The van der Waals surface area contributed by atoms with E-state index in [-0.39, 0.29) is 5.91 Å². The maximum atomic E-state index is 14.1.